The summed E-state index contributed by atoms with van der Waals surface area (Å²) in [5, 5.41) is 11.1. The number of methoxy groups -OCH3 is 1. The quantitative estimate of drug-likeness (QED) is 0.0806. The summed E-state index contributed by atoms with van der Waals surface area (Å²) in [5.41, 5.74) is 2.36. The van der Waals surface area contributed by atoms with Crippen LogP contribution in [0.3, 0.4) is 0 Å². The Morgan fingerprint density at radius 1 is 0.791 bits per heavy atom. The highest BCUT2D eigenvalue weighted by Crippen LogP contribution is 2.33. The van der Waals surface area contributed by atoms with Gasteiger partial charge in [-0.05, 0) is 43.2 Å². The maximum atomic E-state index is 12.6. The number of hydrogen-bond acceptors (Lipinski definition) is 6. The molecule has 1 unspecified atom stereocenters. The number of benzene rings is 3. The number of aliphatic hydroxyl groups excluding tert-OH is 1. The van der Waals surface area contributed by atoms with Crippen LogP contribution >= 0.6 is 0 Å². The molecule has 6 heteroatoms. The number of ether oxygens (including phenoxy) is 4. The van der Waals surface area contributed by atoms with E-state index in [1.807, 2.05) is 55.5 Å². The Morgan fingerprint density at radius 3 is 2.16 bits per heavy atom. The Morgan fingerprint density at radius 2 is 1.47 bits per heavy atom. The molecular formula is C37H48O6. The molecule has 0 bridgehead atoms. The van der Waals surface area contributed by atoms with Crippen molar-refractivity contribution < 1.29 is 28.8 Å². The molecule has 3 aromatic carbocycles. The van der Waals surface area contributed by atoms with E-state index in [0.717, 1.165) is 36.1 Å². The highest BCUT2D eigenvalue weighted by atomic mass is 16.5. The molecule has 0 spiro atoms. The highest BCUT2D eigenvalue weighted by Gasteiger charge is 2.15. The molecule has 1 atom stereocenters. The van der Waals surface area contributed by atoms with Gasteiger partial charge in [-0.1, -0.05) is 101 Å². The summed E-state index contributed by atoms with van der Waals surface area (Å²) < 4.78 is 22.9. The van der Waals surface area contributed by atoms with Crippen molar-refractivity contribution in [3.63, 3.8) is 0 Å². The van der Waals surface area contributed by atoms with Crippen molar-refractivity contribution in [2.45, 2.75) is 90.8 Å². The second-order valence-electron chi connectivity index (χ2n) is 10.7. The third-order valence-electron chi connectivity index (χ3n) is 7.23. The molecule has 1 N–H and O–H groups in total. The van der Waals surface area contributed by atoms with E-state index in [1.165, 1.54) is 38.5 Å². The van der Waals surface area contributed by atoms with Crippen molar-refractivity contribution in [1.82, 2.24) is 0 Å². The van der Waals surface area contributed by atoms with Crippen LogP contribution in [-0.2, 0) is 11.4 Å². The summed E-state index contributed by atoms with van der Waals surface area (Å²) in [6.45, 7) is 5.04. The van der Waals surface area contributed by atoms with Gasteiger partial charge in [0.2, 0.25) is 0 Å². The molecule has 0 amide bonds. The highest BCUT2D eigenvalue weighted by molar-refractivity contribution is 5.72. The number of rotatable bonds is 20. The van der Waals surface area contributed by atoms with Crippen molar-refractivity contribution in [2.24, 2.45) is 0 Å². The van der Waals surface area contributed by atoms with Crippen molar-refractivity contribution >= 4 is 12.0 Å². The summed E-state index contributed by atoms with van der Waals surface area (Å²) in [4.78, 5) is 12.6. The first-order valence-electron chi connectivity index (χ1n) is 15.7. The SMILES string of the molecule is CCCCCCCCCCCC(=O)Oc1ccc(C(O)C=Cc2ccc(OCC)cc2OC)c(OCc2ccccc2)c1. The molecule has 0 fully saturated rings. The fraction of sp³-hybridized carbons (Fsp3) is 0.432. The van der Waals surface area contributed by atoms with Gasteiger partial charge in [-0.15, -0.1) is 0 Å². The van der Waals surface area contributed by atoms with E-state index in [-0.39, 0.29) is 5.97 Å². The van der Waals surface area contributed by atoms with E-state index < -0.39 is 6.10 Å². The van der Waals surface area contributed by atoms with E-state index in [9.17, 15) is 9.90 Å². The van der Waals surface area contributed by atoms with Crippen LogP contribution in [0.25, 0.3) is 6.08 Å². The number of aliphatic hydroxyl groups is 1. The van der Waals surface area contributed by atoms with Gasteiger partial charge in [0, 0.05) is 29.7 Å². The lowest BCUT2D eigenvalue weighted by atomic mass is 10.1. The van der Waals surface area contributed by atoms with Gasteiger partial charge in [-0.2, -0.15) is 0 Å². The van der Waals surface area contributed by atoms with Crippen LogP contribution in [0.5, 0.6) is 23.0 Å². The van der Waals surface area contributed by atoms with Crippen LogP contribution in [0.1, 0.15) is 101 Å². The molecule has 0 heterocycles. The fourth-order valence-electron chi connectivity index (χ4n) is 4.83. The topological polar surface area (TPSA) is 74.2 Å². The second-order valence-corrected chi connectivity index (χ2v) is 10.7. The Bertz CT molecular complexity index is 1250. The zero-order valence-electron chi connectivity index (χ0n) is 26.1. The standard InChI is InChI=1S/C37H48O6/c1-4-6-7-8-9-10-11-12-16-19-37(39)43-32-23-24-33(36(27-32)42-28-29-17-14-13-15-18-29)34(38)25-21-30-20-22-31(41-5-2)26-35(30)40-3/h13-15,17-18,20-27,34,38H,4-12,16,19,28H2,1-3H3. The van der Waals surface area contributed by atoms with Crippen LogP contribution < -0.4 is 18.9 Å². The number of carbonyl (C=O) groups excluding carboxylic acids is 1. The number of hydrogen-bond donors (Lipinski definition) is 1. The van der Waals surface area contributed by atoms with Gasteiger partial charge >= 0.3 is 5.97 Å². The zero-order chi connectivity index (χ0) is 30.7. The molecule has 0 aliphatic carbocycles. The van der Waals surface area contributed by atoms with Crippen molar-refractivity contribution in [1.29, 1.82) is 0 Å². The van der Waals surface area contributed by atoms with E-state index in [4.69, 9.17) is 18.9 Å². The first kappa shape index (κ1) is 33.7. The zero-order valence-corrected chi connectivity index (χ0v) is 26.1. The molecule has 0 saturated heterocycles. The number of esters is 1. The van der Waals surface area contributed by atoms with Gasteiger partial charge in [0.05, 0.1) is 13.7 Å². The first-order chi connectivity index (χ1) is 21.0. The van der Waals surface area contributed by atoms with Crippen molar-refractivity contribution in [3.8, 4) is 23.0 Å². The Balaban J connectivity index is 1.64. The molecule has 0 aliphatic heterocycles. The lowest BCUT2D eigenvalue weighted by Gasteiger charge is -2.16. The van der Waals surface area contributed by atoms with E-state index in [0.29, 0.717) is 42.4 Å². The van der Waals surface area contributed by atoms with Gasteiger partial charge in [0.25, 0.3) is 0 Å². The van der Waals surface area contributed by atoms with Crippen molar-refractivity contribution in [2.75, 3.05) is 13.7 Å². The molecule has 0 aromatic heterocycles. The molecule has 0 saturated carbocycles. The molecule has 0 radical (unpaired) electrons. The minimum Gasteiger partial charge on any atom is -0.496 e. The van der Waals surface area contributed by atoms with E-state index in [1.54, 1.807) is 37.5 Å². The van der Waals surface area contributed by atoms with Crippen molar-refractivity contribution in [3.05, 3.63) is 89.5 Å². The maximum Gasteiger partial charge on any atom is 0.311 e. The third kappa shape index (κ3) is 12.2. The summed E-state index contributed by atoms with van der Waals surface area (Å²) in [6.07, 6.45) is 13.6. The van der Waals surface area contributed by atoms with Crippen LogP contribution in [-0.4, -0.2) is 24.8 Å². The lowest BCUT2D eigenvalue weighted by Crippen LogP contribution is -2.08. The van der Waals surface area contributed by atoms with Crippen LogP contribution in [0.15, 0.2) is 72.8 Å². The molecule has 43 heavy (non-hydrogen) atoms. The predicted octanol–water partition coefficient (Wildman–Crippen LogP) is 9.25. The molecule has 6 nitrogen and oxygen atoms in total. The Kier molecular flexibility index (Phi) is 15.2. The third-order valence-corrected chi connectivity index (χ3v) is 7.23. The van der Waals surface area contributed by atoms with Gasteiger partial charge in [-0.3, -0.25) is 4.79 Å². The lowest BCUT2D eigenvalue weighted by molar-refractivity contribution is -0.134. The Labute approximate surface area is 257 Å². The van der Waals surface area contributed by atoms with Crippen LogP contribution in [0, 0.1) is 0 Å². The van der Waals surface area contributed by atoms with Crippen LogP contribution in [0.4, 0.5) is 0 Å². The average molecular weight is 589 g/mol. The minimum absolute atomic E-state index is 0.257. The molecule has 3 rings (SSSR count). The average Bonchev–Trinajstić information content (AvgIpc) is 3.03. The predicted molar refractivity (Wildman–Crippen MR) is 173 cm³/mol. The molecule has 0 aliphatic rings. The summed E-state index contributed by atoms with van der Waals surface area (Å²) in [6, 6.07) is 20.5. The van der Waals surface area contributed by atoms with Crippen LogP contribution in [0.2, 0.25) is 0 Å². The smallest absolute Gasteiger partial charge is 0.311 e. The van der Waals surface area contributed by atoms with Gasteiger partial charge in [0.1, 0.15) is 35.7 Å². The molecular weight excluding hydrogens is 540 g/mol. The van der Waals surface area contributed by atoms with Gasteiger partial charge in [-0.25, -0.2) is 0 Å². The molecule has 3 aromatic rings. The first-order valence-corrected chi connectivity index (χ1v) is 15.7. The van der Waals surface area contributed by atoms with Gasteiger partial charge < -0.3 is 24.1 Å². The van der Waals surface area contributed by atoms with E-state index in [2.05, 4.69) is 6.92 Å². The second kappa shape index (κ2) is 19.4. The van der Waals surface area contributed by atoms with E-state index >= 15 is 0 Å². The summed E-state index contributed by atoms with van der Waals surface area (Å²) in [7, 11) is 1.60. The Hall–Kier alpha value is -3.77. The molecule has 232 valence electrons. The largest absolute Gasteiger partial charge is 0.496 e. The summed E-state index contributed by atoms with van der Waals surface area (Å²) in [5.74, 6) is 1.96. The number of unbranched alkanes of at least 4 members (excludes halogenated alkanes) is 8. The normalized spacial score (nSPS) is 11.8. The van der Waals surface area contributed by atoms with Gasteiger partial charge in [0.15, 0.2) is 0 Å². The minimum atomic E-state index is -0.964. The monoisotopic (exact) mass is 588 g/mol. The number of carbonyl (C=O) groups is 1. The summed E-state index contributed by atoms with van der Waals surface area (Å²) >= 11 is 0. The fourth-order valence-corrected chi connectivity index (χ4v) is 4.83. The maximum absolute atomic E-state index is 12.6.